The molecule has 2 N–H and O–H groups in total. The molecule has 0 radical (unpaired) electrons. The molecule has 38 heavy (non-hydrogen) atoms. The molecule has 230 valence electrons. The Morgan fingerprint density at radius 1 is 0.447 bits per heavy atom. The summed E-state index contributed by atoms with van der Waals surface area (Å²) in [5.74, 6) is 0. The first-order valence-electron chi connectivity index (χ1n) is 16.9. The van der Waals surface area contributed by atoms with Gasteiger partial charge in [-0.25, -0.2) is 4.57 Å². The second-order valence-corrected chi connectivity index (χ2v) is 12.9. The summed E-state index contributed by atoms with van der Waals surface area (Å²) in [6, 6.07) is 0. The van der Waals surface area contributed by atoms with Crippen molar-refractivity contribution in [3.63, 3.8) is 0 Å². The monoisotopic (exact) mass is 561 g/mol. The van der Waals surface area contributed by atoms with Gasteiger partial charge < -0.3 is 14.7 Å². The normalized spacial score (nSPS) is 12.1. The lowest BCUT2D eigenvalue weighted by Crippen LogP contribution is -2.27. The van der Waals surface area contributed by atoms with Crippen molar-refractivity contribution < 1.29 is 18.9 Å². The first kappa shape index (κ1) is 38.1. The van der Waals surface area contributed by atoms with Gasteiger partial charge in [-0.05, 0) is 45.3 Å². The predicted octanol–water partition coefficient (Wildman–Crippen LogP) is 10.6. The zero-order chi connectivity index (χ0) is 28.0. The van der Waals surface area contributed by atoms with Crippen LogP contribution in [0.3, 0.4) is 0 Å². The minimum atomic E-state index is -4.28. The van der Waals surface area contributed by atoms with Crippen molar-refractivity contribution >= 4 is 7.82 Å². The third-order valence-corrected chi connectivity index (χ3v) is 8.30. The molecule has 0 aromatic rings. The summed E-state index contributed by atoms with van der Waals surface area (Å²) in [5.41, 5.74) is 0. The third-order valence-electron chi connectivity index (χ3n) is 7.78. The van der Waals surface area contributed by atoms with Crippen molar-refractivity contribution in [3.05, 3.63) is 0 Å². The van der Waals surface area contributed by atoms with E-state index in [2.05, 4.69) is 23.3 Å². The smallest absolute Gasteiger partial charge is 0.303 e. The fraction of sp³-hybridized carbons (Fsp3) is 1.00. The Kier molecular flexibility index (Phi) is 30.1. The van der Waals surface area contributed by atoms with E-state index in [1.54, 1.807) is 0 Å². The van der Waals surface area contributed by atoms with Gasteiger partial charge in [-0.1, -0.05) is 155 Å². The molecule has 0 unspecified atom stereocenters. The molecule has 0 rings (SSSR count). The third kappa shape index (κ3) is 32.3. The molecule has 0 heterocycles. The molecule has 0 fully saturated rings. The van der Waals surface area contributed by atoms with E-state index in [1.807, 2.05) is 0 Å². The van der Waals surface area contributed by atoms with Gasteiger partial charge in [0.05, 0.1) is 6.61 Å². The predicted molar refractivity (Wildman–Crippen MR) is 166 cm³/mol. The average Bonchev–Trinajstić information content (AvgIpc) is 2.88. The molecule has 0 bridgehead atoms. The summed E-state index contributed by atoms with van der Waals surface area (Å²) in [6.45, 7) is 8.74. The van der Waals surface area contributed by atoms with Gasteiger partial charge in [0.15, 0.2) is 0 Å². The lowest BCUT2D eigenvalue weighted by molar-refractivity contribution is 0.193. The van der Waals surface area contributed by atoms with Gasteiger partial charge in [-0.3, -0.25) is 4.52 Å². The highest BCUT2D eigenvalue weighted by Crippen LogP contribution is 2.35. The van der Waals surface area contributed by atoms with Crippen LogP contribution >= 0.6 is 7.82 Å². The Hall–Kier alpha value is 0.0700. The molecule has 0 aliphatic rings. The molecule has 5 nitrogen and oxygen atoms in total. The number of phosphoric ester groups is 1. The van der Waals surface area contributed by atoms with Gasteiger partial charge in [0.2, 0.25) is 0 Å². The fourth-order valence-electron chi connectivity index (χ4n) is 5.31. The molecule has 0 saturated heterocycles. The molecule has 0 aromatic heterocycles. The lowest BCUT2D eigenvalue weighted by Gasteiger charge is -2.22. The molecular formula is C32H68NO4P. The zero-order valence-corrected chi connectivity index (χ0v) is 26.7. The van der Waals surface area contributed by atoms with E-state index in [0.717, 1.165) is 19.3 Å². The van der Waals surface area contributed by atoms with E-state index in [9.17, 15) is 4.57 Å². The summed E-state index contributed by atoms with van der Waals surface area (Å²) in [4.78, 5) is 20.1. The molecule has 6 heteroatoms. The molecule has 0 spiro atoms. The first-order chi connectivity index (χ1) is 18.5. The van der Waals surface area contributed by atoms with Crippen LogP contribution in [0.2, 0.25) is 0 Å². The minimum Gasteiger partial charge on any atom is -0.303 e. The Balaban J connectivity index is 3.61. The van der Waals surface area contributed by atoms with Crippen molar-refractivity contribution in [1.29, 1.82) is 0 Å². The van der Waals surface area contributed by atoms with Crippen molar-refractivity contribution in [2.45, 2.75) is 181 Å². The van der Waals surface area contributed by atoms with Crippen LogP contribution in [0.15, 0.2) is 0 Å². The zero-order valence-electron chi connectivity index (χ0n) is 25.8. The molecule has 0 amide bonds. The number of unbranched alkanes of at least 4 members (excludes halogenated alkanes) is 23. The summed E-state index contributed by atoms with van der Waals surface area (Å²) in [5, 5.41) is 0. The van der Waals surface area contributed by atoms with Crippen molar-refractivity contribution in [1.82, 2.24) is 4.90 Å². The standard InChI is InChI=1S/C32H68NO4P/c1-3-5-7-9-21-25-29-33(30-26-22-10-8-6-4-2)31-27-23-19-17-15-13-11-12-14-16-18-20-24-28-32-37-38(34,35)36/h3-32H2,1-2H3,(H2,34,35,36). The summed E-state index contributed by atoms with van der Waals surface area (Å²) in [6.07, 6.45) is 34.7. The number of hydrogen-bond donors (Lipinski definition) is 2. The molecule has 0 aliphatic carbocycles. The topological polar surface area (TPSA) is 70.0 Å². The maximum absolute atomic E-state index is 10.6. The van der Waals surface area contributed by atoms with E-state index in [4.69, 9.17) is 9.79 Å². The van der Waals surface area contributed by atoms with Crippen molar-refractivity contribution in [2.24, 2.45) is 0 Å². The maximum Gasteiger partial charge on any atom is 0.469 e. The van der Waals surface area contributed by atoms with E-state index in [1.165, 1.54) is 167 Å². The summed E-state index contributed by atoms with van der Waals surface area (Å²) >= 11 is 0. The molecule has 0 atom stereocenters. The SMILES string of the molecule is CCCCCCCCN(CCCCCCCC)CCCCCCCCCCCCCCCCOP(=O)(O)O. The van der Waals surface area contributed by atoms with Crippen LogP contribution in [-0.2, 0) is 9.09 Å². The number of phosphoric acid groups is 1. The largest absolute Gasteiger partial charge is 0.469 e. The van der Waals surface area contributed by atoms with Crippen molar-refractivity contribution in [2.75, 3.05) is 26.2 Å². The van der Waals surface area contributed by atoms with Crippen LogP contribution in [0.25, 0.3) is 0 Å². The van der Waals surface area contributed by atoms with Gasteiger partial charge in [0.1, 0.15) is 0 Å². The Morgan fingerprint density at radius 2 is 0.711 bits per heavy atom. The minimum absolute atomic E-state index is 0.168. The van der Waals surface area contributed by atoms with Gasteiger partial charge in [0, 0.05) is 0 Å². The highest BCUT2D eigenvalue weighted by molar-refractivity contribution is 7.46. The molecule has 0 aromatic carbocycles. The lowest BCUT2D eigenvalue weighted by atomic mass is 10.0. The fourth-order valence-corrected chi connectivity index (χ4v) is 5.68. The number of nitrogens with zero attached hydrogens (tertiary/aromatic N) is 1. The van der Waals surface area contributed by atoms with Crippen LogP contribution in [0, 0.1) is 0 Å². The maximum atomic E-state index is 10.6. The Labute approximate surface area is 238 Å². The Morgan fingerprint density at radius 3 is 1.00 bits per heavy atom. The second kappa shape index (κ2) is 30.0. The van der Waals surface area contributed by atoms with E-state index in [0.29, 0.717) is 0 Å². The van der Waals surface area contributed by atoms with Gasteiger partial charge in [0.25, 0.3) is 0 Å². The molecule has 0 saturated carbocycles. The number of hydrogen-bond acceptors (Lipinski definition) is 3. The van der Waals surface area contributed by atoms with Crippen molar-refractivity contribution in [3.8, 4) is 0 Å². The summed E-state index contributed by atoms with van der Waals surface area (Å²) in [7, 11) is -4.28. The first-order valence-corrected chi connectivity index (χ1v) is 18.4. The second-order valence-electron chi connectivity index (χ2n) is 11.7. The quantitative estimate of drug-likeness (QED) is 0.0631. The van der Waals surface area contributed by atoms with Crippen LogP contribution in [0.5, 0.6) is 0 Å². The number of rotatable bonds is 32. The van der Waals surface area contributed by atoms with Gasteiger partial charge >= 0.3 is 7.82 Å². The Bertz CT molecular complexity index is 484. The molecule has 0 aliphatic heterocycles. The average molecular weight is 562 g/mol. The van der Waals surface area contributed by atoms with Gasteiger partial charge in [-0.2, -0.15) is 0 Å². The highest BCUT2D eigenvalue weighted by atomic mass is 31.2. The van der Waals surface area contributed by atoms with Crippen LogP contribution < -0.4 is 0 Å². The summed E-state index contributed by atoms with van der Waals surface area (Å²) < 4.78 is 15.1. The van der Waals surface area contributed by atoms with Crippen LogP contribution in [-0.4, -0.2) is 40.9 Å². The van der Waals surface area contributed by atoms with E-state index in [-0.39, 0.29) is 6.61 Å². The van der Waals surface area contributed by atoms with E-state index >= 15 is 0 Å². The van der Waals surface area contributed by atoms with Crippen LogP contribution in [0.4, 0.5) is 0 Å². The van der Waals surface area contributed by atoms with Gasteiger partial charge in [-0.15, -0.1) is 0 Å². The molecular weight excluding hydrogens is 493 g/mol. The highest BCUT2D eigenvalue weighted by Gasteiger charge is 2.12. The van der Waals surface area contributed by atoms with E-state index < -0.39 is 7.82 Å². The van der Waals surface area contributed by atoms with Crippen LogP contribution in [0.1, 0.15) is 181 Å².